The van der Waals surface area contributed by atoms with Crippen LogP contribution in [0.3, 0.4) is 0 Å². The molecule has 0 fully saturated rings. The van der Waals surface area contributed by atoms with Crippen molar-refractivity contribution in [1.29, 1.82) is 0 Å². The van der Waals surface area contributed by atoms with Gasteiger partial charge in [-0.1, -0.05) is 12.1 Å². The van der Waals surface area contributed by atoms with E-state index >= 15 is 0 Å². The third kappa shape index (κ3) is 4.06. The molecular formula is C12H19IN4O2S. The number of aliphatic imine (C=N–C) groups is 1. The highest BCUT2D eigenvalue weighted by atomic mass is 127. The minimum atomic E-state index is -3.64. The van der Waals surface area contributed by atoms with E-state index in [-0.39, 0.29) is 28.9 Å². The Morgan fingerprint density at radius 3 is 2.65 bits per heavy atom. The SMILES string of the molecule is Cc1cc(CNC2=NCCN2C)ccc1S(N)(=O)=O.I. The van der Waals surface area contributed by atoms with Crippen molar-refractivity contribution >= 4 is 40.0 Å². The smallest absolute Gasteiger partial charge is 0.238 e. The van der Waals surface area contributed by atoms with E-state index in [1.807, 2.05) is 18.0 Å². The van der Waals surface area contributed by atoms with E-state index in [4.69, 9.17) is 5.14 Å². The summed E-state index contributed by atoms with van der Waals surface area (Å²) in [6.07, 6.45) is 0. The second-order valence-electron chi connectivity index (χ2n) is 4.63. The Morgan fingerprint density at radius 2 is 2.15 bits per heavy atom. The number of aryl methyl sites for hydroxylation is 1. The molecule has 2 rings (SSSR count). The van der Waals surface area contributed by atoms with Crippen molar-refractivity contribution in [3.63, 3.8) is 0 Å². The molecule has 6 nitrogen and oxygen atoms in total. The summed E-state index contributed by atoms with van der Waals surface area (Å²) in [6.45, 7) is 4.07. The van der Waals surface area contributed by atoms with Crippen LogP contribution in [-0.2, 0) is 16.6 Å². The first kappa shape index (κ1) is 17.2. The Balaban J connectivity index is 0.00000200. The van der Waals surface area contributed by atoms with Gasteiger partial charge in [-0.3, -0.25) is 4.99 Å². The molecule has 1 aliphatic heterocycles. The number of likely N-dealkylation sites (N-methyl/N-ethyl adjacent to an activating group) is 1. The number of nitrogens with two attached hydrogens (primary N) is 1. The molecule has 3 N–H and O–H groups in total. The monoisotopic (exact) mass is 410 g/mol. The van der Waals surface area contributed by atoms with Crippen LogP contribution in [0.25, 0.3) is 0 Å². The molecule has 0 unspecified atom stereocenters. The van der Waals surface area contributed by atoms with E-state index in [2.05, 4.69) is 10.3 Å². The van der Waals surface area contributed by atoms with Gasteiger partial charge in [0.05, 0.1) is 11.4 Å². The molecule has 0 saturated heterocycles. The molecular weight excluding hydrogens is 391 g/mol. The van der Waals surface area contributed by atoms with E-state index in [9.17, 15) is 8.42 Å². The van der Waals surface area contributed by atoms with Crippen LogP contribution in [0.4, 0.5) is 0 Å². The van der Waals surface area contributed by atoms with Crippen molar-refractivity contribution in [2.45, 2.75) is 18.4 Å². The maximum absolute atomic E-state index is 11.3. The number of benzene rings is 1. The first-order valence-electron chi connectivity index (χ1n) is 6.00. The zero-order chi connectivity index (χ0) is 14.0. The maximum Gasteiger partial charge on any atom is 0.238 e. The summed E-state index contributed by atoms with van der Waals surface area (Å²) in [5.74, 6) is 0.869. The standard InChI is InChI=1S/C12H18N4O2S.HI/c1-9-7-10(3-4-11(9)19(13,17)18)8-15-12-14-5-6-16(12)2;/h3-4,7H,5-6,8H2,1-2H3,(H,14,15)(H2,13,17,18);1H. The van der Waals surface area contributed by atoms with Crippen LogP contribution in [0, 0.1) is 6.92 Å². The van der Waals surface area contributed by atoms with Gasteiger partial charge in [-0.05, 0) is 24.1 Å². The van der Waals surface area contributed by atoms with Gasteiger partial charge in [-0.2, -0.15) is 0 Å². The molecule has 0 bridgehead atoms. The summed E-state index contributed by atoms with van der Waals surface area (Å²) in [5.41, 5.74) is 1.65. The lowest BCUT2D eigenvalue weighted by Gasteiger charge is -2.15. The molecule has 0 amide bonds. The molecule has 0 saturated carbocycles. The van der Waals surface area contributed by atoms with Gasteiger partial charge in [0.1, 0.15) is 0 Å². The number of rotatable bonds is 3. The zero-order valence-electron chi connectivity index (χ0n) is 11.5. The van der Waals surface area contributed by atoms with Crippen LogP contribution in [0.15, 0.2) is 28.1 Å². The Labute approximate surface area is 136 Å². The van der Waals surface area contributed by atoms with Gasteiger partial charge in [0.2, 0.25) is 10.0 Å². The highest BCUT2D eigenvalue weighted by Gasteiger charge is 2.13. The third-order valence-corrected chi connectivity index (χ3v) is 4.13. The normalized spacial score (nSPS) is 14.8. The van der Waals surface area contributed by atoms with Crippen LogP contribution in [0.5, 0.6) is 0 Å². The van der Waals surface area contributed by atoms with Gasteiger partial charge in [0.15, 0.2) is 5.96 Å². The number of hydrogen-bond donors (Lipinski definition) is 2. The second kappa shape index (κ2) is 6.72. The molecule has 1 aromatic carbocycles. The lowest BCUT2D eigenvalue weighted by atomic mass is 10.1. The first-order valence-corrected chi connectivity index (χ1v) is 7.54. The fourth-order valence-electron chi connectivity index (χ4n) is 2.05. The summed E-state index contributed by atoms with van der Waals surface area (Å²) >= 11 is 0. The van der Waals surface area contributed by atoms with E-state index in [0.717, 1.165) is 24.6 Å². The minimum absolute atomic E-state index is 0. The number of halogens is 1. The number of nitrogens with zero attached hydrogens (tertiary/aromatic N) is 2. The fraction of sp³-hybridized carbons (Fsp3) is 0.417. The summed E-state index contributed by atoms with van der Waals surface area (Å²) < 4.78 is 22.6. The largest absolute Gasteiger partial charge is 0.352 e. The molecule has 8 heteroatoms. The number of sulfonamides is 1. The van der Waals surface area contributed by atoms with Crippen molar-refractivity contribution in [2.24, 2.45) is 10.1 Å². The first-order chi connectivity index (χ1) is 8.88. The van der Waals surface area contributed by atoms with Crippen molar-refractivity contribution in [1.82, 2.24) is 10.2 Å². The van der Waals surface area contributed by atoms with Crippen LogP contribution in [-0.4, -0.2) is 39.4 Å². The highest BCUT2D eigenvalue weighted by Crippen LogP contribution is 2.15. The van der Waals surface area contributed by atoms with Gasteiger partial charge in [0.25, 0.3) is 0 Å². The molecule has 0 aliphatic carbocycles. The van der Waals surface area contributed by atoms with Crippen LogP contribution < -0.4 is 10.5 Å². The van der Waals surface area contributed by atoms with E-state index in [1.54, 1.807) is 19.1 Å². The molecule has 20 heavy (non-hydrogen) atoms. The van der Waals surface area contributed by atoms with Crippen molar-refractivity contribution in [2.75, 3.05) is 20.1 Å². The quantitative estimate of drug-likeness (QED) is 0.717. The molecule has 0 radical (unpaired) electrons. The molecule has 0 atom stereocenters. The van der Waals surface area contributed by atoms with Crippen molar-refractivity contribution in [3.8, 4) is 0 Å². The molecule has 1 aromatic rings. The van der Waals surface area contributed by atoms with Crippen molar-refractivity contribution in [3.05, 3.63) is 29.3 Å². The summed E-state index contributed by atoms with van der Waals surface area (Å²) in [4.78, 5) is 6.55. The van der Waals surface area contributed by atoms with Crippen LogP contribution in [0.2, 0.25) is 0 Å². The lowest BCUT2D eigenvalue weighted by Crippen LogP contribution is -2.35. The fourth-order valence-corrected chi connectivity index (χ4v) is 2.81. The van der Waals surface area contributed by atoms with Crippen LogP contribution in [0.1, 0.15) is 11.1 Å². The molecule has 1 aliphatic rings. The molecule has 0 spiro atoms. The average molecular weight is 410 g/mol. The number of hydrogen-bond acceptors (Lipinski definition) is 5. The van der Waals surface area contributed by atoms with E-state index in [0.29, 0.717) is 12.1 Å². The zero-order valence-corrected chi connectivity index (χ0v) is 14.6. The molecule has 0 aromatic heterocycles. The van der Waals surface area contributed by atoms with Gasteiger partial charge in [-0.25, -0.2) is 13.6 Å². The average Bonchev–Trinajstić information content (AvgIpc) is 2.70. The number of nitrogens with one attached hydrogen (secondary N) is 1. The van der Waals surface area contributed by atoms with Crippen LogP contribution >= 0.6 is 24.0 Å². The predicted octanol–water partition coefficient (Wildman–Crippen LogP) is 0.651. The number of guanidine groups is 1. The van der Waals surface area contributed by atoms with Gasteiger partial charge in [-0.15, -0.1) is 24.0 Å². The van der Waals surface area contributed by atoms with Gasteiger partial charge >= 0.3 is 0 Å². The summed E-state index contributed by atoms with van der Waals surface area (Å²) in [6, 6.07) is 5.12. The maximum atomic E-state index is 11.3. The topological polar surface area (TPSA) is 87.8 Å². The molecule has 1 heterocycles. The second-order valence-corrected chi connectivity index (χ2v) is 6.16. The minimum Gasteiger partial charge on any atom is -0.352 e. The van der Waals surface area contributed by atoms with E-state index < -0.39 is 10.0 Å². The third-order valence-electron chi connectivity index (χ3n) is 3.06. The van der Waals surface area contributed by atoms with Gasteiger partial charge < -0.3 is 10.2 Å². The Morgan fingerprint density at radius 1 is 1.45 bits per heavy atom. The van der Waals surface area contributed by atoms with Gasteiger partial charge in [0, 0.05) is 20.1 Å². The van der Waals surface area contributed by atoms with Crippen molar-refractivity contribution < 1.29 is 8.42 Å². The summed E-state index contributed by atoms with van der Waals surface area (Å²) in [5, 5.41) is 8.36. The Bertz CT molecular complexity index is 616. The Hall–Kier alpha value is -0.870. The Kier molecular flexibility index (Phi) is 5.78. The van der Waals surface area contributed by atoms with E-state index in [1.165, 1.54) is 0 Å². The summed E-state index contributed by atoms with van der Waals surface area (Å²) in [7, 11) is -1.66. The predicted molar refractivity (Wildman–Crippen MR) is 89.7 cm³/mol. The number of primary sulfonamides is 1. The molecule has 112 valence electrons. The highest BCUT2D eigenvalue weighted by molar-refractivity contribution is 14.0. The lowest BCUT2D eigenvalue weighted by molar-refractivity contribution is 0.534.